The summed E-state index contributed by atoms with van der Waals surface area (Å²) in [6.45, 7) is 0. The monoisotopic (exact) mass is 388 g/mol. The van der Waals surface area contributed by atoms with Crippen LogP contribution < -0.4 is 5.32 Å². The van der Waals surface area contributed by atoms with E-state index in [0.29, 0.717) is 5.56 Å². The molecule has 2 aromatic carbocycles. The van der Waals surface area contributed by atoms with Gasteiger partial charge in [-0.3, -0.25) is 9.89 Å². The average Bonchev–Trinajstić information content (AvgIpc) is 3.09. The second kappa shape index (κ2) is 7.43. The highest BCUT2D eigenvalue weighted by atomic mass is 79.9. The van der Waals surface area contributed by atoms with E-state index < -0.39 is 0 Å². The van der Waals surface area contributed by atoms with Crippen molar-refractivity contribution in [3.05, 3.63) is 70.5 Å². The number of rotatable bonds is 5. The van der Waals surface area contributed by atoms with Crippen LogP contribution in [0.15, 0.2) is 64.5 Å². The molecule has 7 heteroatoms. The van der Waals surface area contributed by atoms with E-state index in [1.54, 1.807) is 11.8 Å². The zero-order chi connectivity index (χ0) is 16.1. The summed E-state index contributed by atoms with van der Waals surface area (Å²) in [5.41, 5.74) is 2.51. The second-order valence-corrected chi connectivity index (χ2v) is 6.62. The highest BCUT2D eigenvalue weighted by Crippen LogP contribution is 2.19. The minimum Gasteiger partial charge on any atom is -0.322 e. The zero-order valence-corrected chi connectivity index (χ0v) is 14.4. The van der Waals surface area contributed by atoms with Crippen molar-refractivity contribution in [2.45, 2.75) is 10.9 Å². The molecule has 0 aliphatic heterocycles. The van der Waals surface area contributed by atoms with E-state index in [4.69, 9.17) is 0 Å². The SMILES string of the molecule is O=C(Nc1ccc(Br)cc1)c1ccc(CSc2ncn[nH]2)cc1. The Bertz CT molecular complexity index is 773. The minimum absolute atomic E-state index is 0.123. The number of halogens is 1. The zero-order valence-electron chi connectivity index (χ0n) is 12.0. The summed E-state index contributed by atoms with van der Waals surface area (Å²) < 4.78 is 0.976. The molecule has 3 rings (SSSR count). The van der Waals surface area contributed by atoms with E-state index in [-0.39, 0.29) is 5.91 Å². The molecule has 0 saturated heterocycles. The molecule has 0 bridgehead atoms. The Morgan fingerprint density at radius 3 is 2.52 bits per heavy atom. The standard InChI is InChI=1S/C16H13BrN4OS/c17-13-5-7-14(8-6-13)20-15(22)12-3-1-11(2-4-12)9-23-16-18-10-19-21-16/h1-8,10H,9H2,(H,20,22)(H,18,19,21). The molecule has 23 heavy (non-hydrogen) atoms. The Morgan fingerprint density at radius 1 is 1.13 bits per heavy atom. The normalized spacial score (nSPS) is 10.5. The van der Waals surface area contributed by atoms with Gasteiger partial charge in [-0.25, -0.2) is 4.98 Å². The number of amides is 1. The van der Waals surface area contributed by atoms with Crippen LogP contribution >= 0.6 is 27.7 Å². The lowest BCUT2D eigenvalue weighted by atomic mass is 10.1. The Labute approximate surface area is 146 Å². The molecule has 0 saturated carbocycles. The molecule has 0 spiro atoms. The van der Waals surface area contributed by atoms with Crippen LogP contribution in [0, 0.1) is 0 Å². The first-order valence-electron chi connectivity index (χ1n) is 6.85. The first kappa shape index (κ1) is 15.8. The van der Waals surface area contributed by atoms with Gasteiger partial charge in [0.2, 0.25) is 0 Å². The smallest absolute Gasteiger partial charge is 0.255 e. The summed E-state index contributed by atoms with van der Waals surface area (Å²) in [6, 6.07) is 15.0. The van der Waals surface area contributed by atoms with Crippen molar-refractivity contribution in [1.29, 1.82) is 0 Å². The van der Waals surface area contributed by atoms with Crippen molar-refractivity contribution in [1.82, 2.24) is 15.2 Å². The van der Waals surface area contributed by atoms with E-state index in [0.717, 1.165) is 26.6 Å². The summed E-state index contributed by atoms with van der Waals surface area (Å²) in [6.07, 6.45) is 1.48. The highest BCUT2D eigenvalue weighted by molar-refractivity contribution is 9.10. The molecule has 0 fully saturated rings. The fourth-order valence-corrected chi connectivity index (χ4v) is 2.90. The largest absolute Gasteiger partial charge is 0.322 e. The third-order valence-corrected chi connectivity index (χ3v) is 4.56. The lowest BCUT2D eigenvalue weighted by Crippen LogP contribution is -2.11. The van der Waals surface area contributed by atoms with Crippen LogP contribution in [-0.4, -0.2) is 21.1 Å². The Balaban J connectivity index is 1.59. The summed E-state index contributed by atoms with van der Waals surface area (Å²) in [5.74, 6) is 0.644. The third kappa shape index (κ3) is 4.43. The van der Waals surface area contributed by atoms with Crippen LogP contribution in [-0.2, 0) is 5.75 Å². The van der Waals surface area contributed by atoms with Gasteiger partial charge >= 0.3 is 0 Å². The maximum absolute atomic E-state index is 12.2. The molecular formula is C16H13BrN4OS. The van der Waals surface area contributed by atoms with Crippen molar-refractivity contribution in [2.24, 2.45) is 0 Å². The molecule has 116 valence electrons. The number of nitrogens with one attached hydrogen (secondary N) is 2. The van der Waals surface area contributed by atoms with Gasteiger partial charge in [-0.1, -0.05) is 39.8 Å². The number of aromatic amines is 1. The molecule has 2 N–H and O–H groups in total. The summed E-state index contributed by atoms with van der Waals surface area (Å²) >= 11 is 4.93. The number of hydrogen-bond donors (Lipinski definition) is 2. The lowest BCUT2D eigenvalue weighted by Gasteiger charge is -2.06. The van der Waals surface area contributed by atoms with E-state index in [9.17, 15) is 4.79 Å². The van der Waals surface area contributed by atoms with Crippen LogP contribution in [0.2, 0.25) is 0 Å². The number of benzene rings is 2. The minimum atomic E-state index is -0.123. The number of carbonyl (C=O) groups excluding carboxylic acids is 1. The molecule has 0 atom stereocenters. The van der Waals surface area contributed by atoms with Crippen LogP contribution in [0.25, 0.3) is 0 Å². The molecule has 1 amide bonds. The van der Waals surface area contributed by atoms with Crippen LogP contribution in [0.1, 0.15) is 15.9 Å². The number of aromatic nitrogens is 3. The highest BCUT2D eigenvalue weighted by Gasteiger charge is 2.06. The molecule has 3 aromatic rings. The van der Waals surface area contributed by atoms with Crippen molar-refractivity contribution >= 4 is 39.3 Å². The van der Waals surface area contributed by atoms with E-state index in [2.05, 4.69) is 36.4 Å². The van der Waals surface area contributed by atoms with E-state index in [1.165, 1.54) is 6.33 Å². The maximum Gasteiger partial charge on any atom is 0.255 e. The Morgan fingerprint density at radius 2 is 1.87 bits per heavy atom. The summed E-state index contributed by atoms with van der Waals surface area (Å²) in [4.78, 5) is 16.3. The number of hydrogen-bond acceptors (Lipinski definition) is 4. The van der Waals surface area contributed by atoms with Crippen molar-refractivity contribution < 1.29 is 4.79 Å². The Kier molecular flexibility index (Phi) is 5.09. The fourth-order valence-electron chi connectivity index (χ4n) is 1.90. The maximum atomic E-state index is 12.2. The van der Waals surface area contributed by atoms with Crippen molar-refractivity contribution in [3.8, 4) is 0 Å². The van der Waals surface area contributed by atoms with Crippen molar-refractivity contribution in [2.75, 3.05) is 5.32 Å². The van der Waals surface area contributed by atoms with Gasteiger partial charge in [0.15, 0.2) is 5.16 Å². The summed E-state index contributed by atoms with van der Waals surface area (Å²) in [5, 5.41) is 10.3. The molecule has 0 radical (unpaired) electrons. The molecular weight excluding hydrogens is 376 g/mol. The molecule has 1 aromatic heterocycles. The van der Waals surface area contributed by atoms with Gasteiger partial charge in [0.05, 0.1) is 0 Å². The predicted molar refractivity (Wildman–Crippen MR) is 94.5 cm³/mol. The number of anilines is 1. The van der Waals surface area contributed by atoms with Gasteiger partial charge in [0, 0.05) is 21.5 Å². The van der Waals surface area contributed by atoms with Crippen LogP contribution in [0.4, 0.5) is 5.69 Å². The summed E-state index contributed by atoms with van der Waals surface area (Å²) in [7, 11) is 0. The topological polar surface area (TPSA) is 70.7 Å². The van der Waals surface area contributed by atoms with Gasteiger partial charge in [-0.15, -0.1) is 0 Å². The van der Waals surface area contributed by atoms with Crippen molar-refractivity contribution in [3.63, 3.8) is 0 Å². The first-order valence-corrected chi connectivity index (χ1v) is 8.62. The third-order valence-electron chi connectivity index (χ3n) is 3.09. The van der Waals surface area contributed by atoms with Gasteiger partial charge in [0.25, 0.3) is 5.91 Å². The van der Waals surface area contributed by atoms with Crippen LogP contribution in [0.5, 0.6) is 0 Å². The number of thioether (sulfide) groups is 1. The average molecular weight is 389 g/mol. The quantitative estimate of drug-likeness (QED) is 0.645. The van der Waals surface area contributed by atoms with E-state index in [1.807, 2.05) is 48.5 Å². The molecule has 5 nitrogen and oxygen atoms in total. The van der Waals surface area contributed by atoms with Crippen LogP contribution in [0.3, 0.4) is 0 Å². The molecule has 0 aliphatic rings. The molecule has 0 unspecified atom stereocenters. The first-order chi connectivity index (χ1) is 11.2. The number of carbonyl (C=O) groups is 1. The van der Waals surface area contributed by atoms with Gasteiger partial charge in [-0.05, 0) is 42.0 Å². The molecule has 1 heterocycles. The van der Waals surface area contributed by atoms with Gasteiger partial charge < -0.3 is 5.32 Å². The lowest BCUT2D eigenvalue weighted by molar-refractivity contribution is 0.102. The Hall–Kier alpha value is -2.12. The van der Waals surface area contributed by atoms with Gasteiger partial charge in [0.1, 0.15) is 6.33 Å². The number of H-pyrrole nitrogens is 1. The van der Waals surface area contributed by atoms with Gasteiger partial charge in [-0.2, -0.15) is 5.10 Å². The molecule has 0 aliphatic carbocycles. The predicted octanol–water partition coefficient (Wildman–Crippen LogP) is 4.11. The van der Waals surface area contributed by atoms with E-state index >= 15 is 0 Å². The number of nitrogens with zero attached hydrogens (tertiary/aromatic N) is 2. The fraction of sp³-hybridized carbons (Fsp3) is 0.0625. The second-order valence-electron chi connectivity index (χ2n) is 4.74.